The van der Waals surface area contributed by atoms with Gasteiger partial charge in [-0.1, -0.05) is 31.2 Å². The Morgan fingerprint density at radius 1 is 1.35 bits per heavy atom. The van der Waals surface area contributed by atoms with E-state index in [0.717, 1.165) is 17.7 Å². The molecule has 0 saturated carbocycles. The number of Topliss-reactive ketones (excluding diaryl/α,β-unsaturated/α-hetero) is 1. The molecule has 2 nitrogen and oxygen atoms in total. The topological polar surface area (TPSA) is 26.3 Å². The maximum atomic E-state index is 12.1. The predicted octanol–water partition coefficient (Wildman–Crippen LogP) is 3.20. The Kier molecular flexibility index (Phi) is 6.30. The number of carbonyl (C=O) groups excluding carboxylic acids is 1. The SMILES string of the molecule is CCc1ccc(C(=O)C(C)SCCOC)cc1. The molecule has 0 fully saturated rings. The van der Waals surface area contributed by atoms with Crippen LogP contribution in [-0.2, 0) is 11.2 Å². The minimum atomic E-state index is -0.00220. The molecule has 1 aromatic carbocycles. The number of methoxy groups -OCH3 is 1. The number of carbonyl (C=O) groups is 1. The van der Waals surface area contributed by atoms with Gasteiger partial charge in [0, 0.05) is 18.4 Å². The number of hydrogen-bond acceptors (Lipinski definition) is 3. The van der Waals surface area contributed by atoms with Crippen LogP contribution < -0.4 is 0 Å². The number of rotatable bonds is 7. The molecule has 1 atom stereocenters. The number of hydrogen-bond donors (Lipinski definition) is 0. The molecule has 17 heavy (non-hydrogen) atoms. The number of aryl methyl sites for hydroxylation is 1. The largest absolute Gasteiger partial charge is 0.384 e. The fourth-order valence-electron chi connectivity index (χ4n) is 1.52. The normalized spacial score (nSPS) is 12.4. The summed E-state index contributed by atoms with van der Waals surface area (Å²) in [4.78, 5) is 12.1. The lowest BCUT2D eigenvalue weighted by Gasteiger charge is -2.10. The van der Waals surface area contributed by atoms with Gasteiger partial charge in [-0.25, -0.2) is 0 Å². The van der Waals surface area contributed by atoms with Gasteiger partial charge in [-0.2, -0.15) is 0 Å². The van der Waals surface area contributed by atoms with Gasteiger partial charge in [0.1, 0.15) is 0 Å². The summed E-state index contributed by atoms with van der Waals surface area (Å²) in [6, 6.07) is 7.91. The molecular formula is C14H20O2S. The summed E-state index contributed by atoms with van der Waals surface area (Å²) in [6.45, 7) is 4.76. The molecular weight excluding hydrogens is 232 g/mol. The zero-order valence-corrected chi connectivity index (χ0v) is 11.5. The van der Waals surface area contributed by atoms with Gasteiger partial charge >= 0.3 is 0 Å². The average Bonchev–Trinajstić information content (AvgIpc) is 2.38. The fourth-order valence-corrected chi connectivity index (χ4v) is 2.43. The first-order chi connectivity index (χ1) is 8.19. The summed E-state index contributed by atoms with van der Waals surface area (Å²) in [6.07, 6.45) is 1.01. The molecule has 0 amide bonds. The molecule has 0 saturated heterocycles. The predicted molar refractivity (Wildman–Crippen MR) is 73.9 cm³/mol. The third-order valence-electron chi connectivity index (χ3n) is 2.67. The lowest BCUT2D eigenvalue weighted by Crippen LogP contribution is -2.15. The Morgan fingerprint density at radius 2 is 2.00 bits per heavy atom. The molecule has 0 aliphatic carbocycles. The smallest absolute Gasteiger partial charge is 0.175 e. The van der Waals surface area contributed by atoms with Crippen LogP contribution in [0, 0.1) is 0 Å². The standard InChI is InChI=1S/C14H20O2S/c1-4-12-5-7-13(8-6-12)14(15)11(2)17-10-9-16-3/h5-8,11H,4,9-10H2,1-3H3. The second kappa shape index (κ2) is 7.51. The fraction of sp³-hybridized carbons (Fsp3) is 0.500. The Hall–Kier alpha value is -0.800. The van der Waals surface area contributed by atoms with E-state index in [-0.39, 0.29) is 11.0 Å². The Labute approximate surface area is 108 Å². The summed E-state index contributed by atoms with van der Waals surface area (Å²) in [5.74, 6) is 1.06. The van der Waals surface area contributed by atoms with E-state index in [9.17, 15) is 4.79 Å². The van der Waals surface area contributed by atoms with Crippen LogP contribution in [0.4, 0.5) is 0 Å². The van der Waals surface area contributed by atoms with Crippen LogP contribution in [0.1, 0.15) is 29.8 Å². The van der Waals surface area contributed by atoms with Crippen molar-refractivity contribution in [1.29, 1.82) is 0 Å². The zero-order valence-electron chi connectivity index (χ0n) is 10.7. The van der Waals surface area contributed by atoms with Gasteiger partial charge in [-0.15, -0.1) is 11.8 Å². The molecule has 1 aromatic rings. The van der Waals surface area contributed by atoms with Crippen molar-refractivity contribution in [1.82, 2.24) is 0 Å². The first-order valence-electron chi connectivity index (χ1n) is 5.92. The van der Waals surface area contributed by atoms with E-state index >= 15 is 0 Å². The second-order valence-electron chi connectivity index (χ2n) is 3.92. The van der Waals surface area contributed by atoms with Crippen molar-refractivity contribution in [3.8, 4) is 0 Å². The molecule has 0 radical (unpaired) electrons. The number of thioether (sulfide) groups is 1. The molecule has 0 aromatic heterocycles. The third kappa shape index (κ3) is 4.52. The molecule has 0 aliphatic rings. The molecule has 0 N–H and O–H groups in total. The van der Waals surface area contributed by atoms with Gasteiger partial charge in [0.15, 0.2) is 5.78 Å². The number of ketones is 1. The van der Waals surface area contributed by atoms with Crippen LogP contribution in [-0.4, -0.2) is 30.5 Å². The van der Waals surface area contributed by atoms with E-state index in [2.05, 4.69) is 6.92 Å². The molecule has 3 heteroatoms. The molecule has 0 bridgehead atoms. The number of benzene rings is 1. The van der Waals surface area contributed by atoms with Gasteiger partial charge < -0.3 is 4.74 Å². The van der Waals surface area contributed by atoms with E-state index in [1.165, 1.54) is 5.56 Å². The summed E-state index contributed by atoms with van der Waals surface area (Å²) < 4.78 is 4.98. The quantitative estimate of drug-likeness (QED) is 0.550. The zero-order chi connectivity index (χ0) is 12.7. The lowest BCUT2D eigenvalue weighted by atomic mass is 10.1. The van der Waals surface area contributed by atoms with Gasteiger partial charge in [-0.05, 0) is 18.9 Å². The minimum absolute atomic E-state index is 0.00220. The summed E-state index contributed by atoms with van der Waals surface area (Å²) >= 11 is 1.64. The van der Waals surface area contributed by atoms with E-state index in [1.807, 2.05) is 31.2 Å². The van der Waals surface area contributed by atoms with Crippen LogP contribution in [0.5, 0.6) is 0 Å². The Balaban J connectivity index is 2.55. The maximum Gasteiger partial charge on any atom is 0.175 e. The highest BCUT2D eigenvalue weighted by atomic mass is 32.2. The van der Waals surface area contributed by atoms with Crippen LogP contribution in [0.3, 0.4) is 0 Å². The van der Waals surface area contributed by atoms with Crippen LogP contribution in [0.25, 0.3) is 0 Å². The Bertz CT molecular complexity index is 346. The van der Waals surface area contributed by atoms with Crippen molar-refractivity contribution >= 4 is 17.5 Å². The highest BCUT2D eigenvalue weighted by Gasteiger charge is 2.14. The van der Waals surface area contributed by atoms with E-state index in [0.29, 0.717) is 6.61 Å². The molecule has 0 spiro atoms. The molecule has 0 aliphatic heterocycles. The van der Waals surface area contributed by atoms with Crippen molar-refractivity contribution in [2.75, 3.05) is 19.5 Å². The van der Waals surface area contributed by atoms with Crippen molar-refractivity contribution in [3.05, 3.63) is 35.4 Å². The summed E-state index contributed by atoms with van der Waals surface area (Å²) in [5.41, 5.74) is 2.07. The van der Waals surface area contributed by atoms with Gasteiger partial charge in [0.2, 0.25) is 0 Å². The average molecular weight is 252 g/mol. The number of ether oxygens (including phenoxy) is 1. The van der Waals surface area contributed by atoms with E-state index < -0.39 is 0 Å². The van der Waals surface area contributed by atoms with Crippen molar-refractivity contribution in [3.63, 3.8) is 0 Å². The summed E-state index contributed by atoms with van der Waals surface area (Å²) in [7, 11) is 1.68. The molecule has 1 rings (SSSR count). The van der Waals surface area contributed by atoms with Crippen molar-refractivity contribution in [2.24, 2.45) is 0 Å². The minimum Gasteiger partial charge on any atom is -0.384 e. The first-order valence-corrected chi connectivity index (χ1v) is 6.97. The highest BCUT2D eigenvalue weighted by Crippen LogP contribution is 2.16. The lowest BCUT2D eigenvalue weighted by molar-refractivity contribution is 0.0994. The summed E-state index contributed by atoms with van der Waals surface area (Å²) in [5, 5.41) is -0.00220. The van der Waals surface area contributed by atoms with Crippen LogP contribution in [0.2, 0.25) is 0 Å². The van der Waals surface area contributed by atoms with E-state index in [1.54, 1.807) is 18.9 Å². The highest BCUT2D eigenvalue weighted by molar-refractivity contribution is 8.00. The third-order valence-corrected chi connectivity index (χ3v) is 3.79. The molecule has 94 valence electrons. The van der Waals surface area contributed by atoms with Gasteiger partial charge in [0.05, 0.1) is 11.9 Å². The Morgan fingerprint density at radius 3 is 2.53 bits per heavy atom. The second-order valence-corrected chi connectivity index (χ2v) is 5.37. The van der Waals surface area contributed by atoms with Crippen molar-refractivity contribution < 1.29 is 9.53 Å². The van der Waals surface area contributed by atoms with Crippen LogP contribution in [0.15, 0.2) is 24.3 Å². The molecule has 0 heterocycles. The van der Waals surface area contributed by atoms with Gasteiger partial charge in [0.25, 0.3) is 0 Å². The van der Waals surface area contributed by atoms with Crippen molar-refractivity contribution in [2.45, 2.75) is 25.5 Å². The monoisotopic (exact) mass is 252 g/mol. The maximum absolute atomic E-state index is 12.1. The van der Waals surface area contributed by atoms with E-state index in [4.69, 9.17) is 4.74 Å². The van der Waals surface area contributed by atoms with Crippen LogP contribution >= 0.6 is 11.8 Å². The van der Waals surface area contributed by atoms with Gasteiger partial charge in [-0.3, -0.25) is 4.79 Å². The first kappa shape index (κ1) is 14.3. The molecule has 1 unspecified atom stereocenters.